The first-order chi connectivity index (χ1) is 8.04. The quantitative estimate of drug-likeness (QED) is 0.466. The maximum Gasteiger partial charge on any atom is 0.273 e. The van der Waals surface area contributed by atoms with Gasteiger partial charge in [0.15, 0.2) is 0 Å². The number of nitrogens with one attached hydrogen (secondary N) is 1. The van der Waals surface area contributed by atoms with Gasteiger partial charge in [-0.25, -0.2) is 0 Å². The second-order valence-corrected chi connectivity index (χ2v) is 3.78. The molecular formula is C12H16N2O3. The molecule has 0 bridgehead atoms. The zero-order chi connectivity index (χ0) is 12.8. The lowest BCUT2D eigenvalue weighted by atomic mass is 10.2. The summed E-state index contributed by atoms with van der Waals surface area (Å²) in [6.45, 7) is 6.68. The van der Waals surface area contributed by atoms with Crippen molar-refractivity contribution in [1.82, 2.24) is 5.32 Å². The molecule has 5 heteroatoms. The van der Waals surface area contributed by atoms with Gasteiger partial charge in [0.25, 0.3) is 5.69 Å². The number of nitro benzene ring substituents is 1. The summed E-state index contributed by atoms with van der Waals surface area (Å²) in [5, 5.41) is 13.6. The largest absolute Gasteiger partial charge is 0.489 e. The molecule has 0 heterocycles. The smallest absolute Gasteiger partial charge is 0.273 e. The molecule has 0 aliphatic rings. The Hall–Kier alpha value is -1.88. The first-order valence-electron chi connectivity index (χ1n) is 5.23. The van der Waals surface area contributed by atoms with Gasteiger partial charge in [-0.3, -0.25) is 10.1 Å². The predicted octanol–water partition coefficient (Wildman–Crippen LogP) is 2.06. The van der Waals surface area contributed by atoms with Crippen LogP contribution in [-0.2, 0) is 0 Å². The second kappa shape index (κ2) is 6.00. The molecule has 0 spiro atoms. The van der Waals surface area contributed by atoms with Gasteiger partial charge in [-0.1, -0.05) is 6.58 Å². The van der Waals surface area contributed by atoms with Crippen LogP contribution in [0.4, 0.5) is 5.69 Å². The molecule has 0 saturated heterocycles. The number of hydrogen-bond donors (Lipinski definition) is 1. The molecule has 5 nitrogen and oxygen atoms in total. The average Bonchev–Trinajstić information content (AvgIpc) is 2.28. The van der Waals surface area contributed by atoms with E-state index in [1.165, 1.54) is 12.1 Å². The van der Waals surface area contributed by atoms with Crippen LogP contribution < -0.4 is 10.1 Å². The zero-order valence-electron chi connectivity index (χ0n) is 10.0. The zero-order valence-corrected chi connectivity index (χ0v) is 10.0. The maximum absolute atomic E-state index is 10.6. The van der Waals surface area contributed by atoms with Gasteiger partial charge in [-0.15, -0.1) is 0 Å². The van der Waals surface area contributed by atoms with Crippen LogP contribution in [-0.4, -0.2) is 25.1 Å². The minimum atomic E-state index is -0.436. The summed E-state index contributed by atoms with van der Waals surface area (Å²) in [7, 11) is 1.82. The molecule has 0 aliphatic heterocycles. The summed E-state index contributed by atoms with van der Waals surface area (Å²) in [6.07, 6.45) is 0. The van der Waals surface area contributed by atoms with E-state index >= 15 is 0 Å². The van der Waals surface area contributed by atoms with E-state index in [0.717, 1.165) is 11.1 Å². The molecule has 0 fully saturated rings. The van der Waals surface area contributed by atoms with Gasteiger partial charge in [0.05, 0.1) is 11.0 Å². The van der Waals surface area contributed by atoms with Crippen LogP contribution in [0.1, 0.15) is 5.56 Å². The van der Waals surface area contributed by atoms with Crippen LogP contribution >= 0.6 is 0 Å². The summed E-state index contributed by atoms with van der Waals surface area (Å²) < 4.78 is 5.50. The van der Waals surface area contributed by atoms with E-state index in [9.17, 15) is 10.1 Å². The Labute approximate surface area is 100 Å². The summed E-state index contributed by atoms with van der Waals surface area (Å²) in [5.74, 6) is 0.524. The van der Waals surface area contributed by atoms with Crippen molar-refractivity contribution >= 4 is 5.69 Å². The van der Waals surface area contributed by atoms with Crippen molar-refractivity contribution < 1.29 is 9.66 Å². The molecule has 0 amide bonds. The summed E-state index contributed by atoms with van der Waals surface area (Å²) >= 11 is 0. The Morgan fingerprint density at radius 1 is 1.59 bits per heavy atom. The van der Waals surface area contributed by atoms with Crippen LogP contribution in [0.5, 0.6) is 5.75 Å². The van der Waals surface area contributed by atoms with Crippen LogP contribution in [0, 0.1) is 17.0 Å². The van der Waals surface area contributed by atoms with Gasteiger partial charge in [0, 0.05) is 12.6 Å². The number of rotatable bonds is 6. The summed E-state index contributed by atoms with van der Waals surface area (Å²) in [6, 6.07) is 4.57. The molecule has 0 unspecified atom stereocenters. The third kappa shape index (κ3) is 3.88. The van der Waals surface area contributed by atoms with Gasteiger partial charge < -0.3 is 10.1 Å². The van der Waals surface area contributed by atoms with E-state index in [2.05, 4.69) is 11.9 Å². The standard InChI is InChI=1S/C12H16N2O3/c1-9(7-13-3)8-17-12-6-11(14(15)16)5-4-10(12)2/h4-6,13H,1,7-8H2,2-3H3. The molecule has 0 atom stereocenters. The lowest BCUT2D eigenvalue weighted by molar-refractivity contribution is -0.384. The summed E-state index contributed by atoms with van der Waals surface area (Å²) in [4.78, 5) is 10.2. The number of non-ortho nitro benzene ring substituents is 1. The molecular weight excluding hydrogens is 220 g/mol. The van der Waals surface area contributed by atoms with Crippen LogP contribution in [0.2, 0.25) is 0 Å². The van der Waals surface area contributed by atoms with E-state index in [-0.39, 0.29) is 5.69 Å². The highest BCUT2D eigenvalue weighted by molar-refractivity contribution is 5.43. The first-order valence-corrected chi connectivity index (χ1v) is 5.23. The molecule has 0 saturated carbocycles. The van der Waals surface area contributed by atoms with Crippen LogP contribution in [0.15, 0.2) is 30.4 Å². The fourth-order valence-corrected chi connectivity index (χ4v) is 1.34. The van der Waals surface area contributed by atoms with Gasteiger partial charge in [0.2, 0.25) is 0 Å². The second-order valence-electron chi connectivity index (χ2n) is 3.78. The predicted molar refractivity (Wildman–Crippen MR) is 66.4 cm³/mol. The van der Waals surface area contributed by atoms with Gasteiger partial charge in [-0.05, 0) is 31.2 Å². The SMILES string of the molecule is C=C(CNC)COc1cc([N+](=O)[O-])ccc1C. The van der Waals surface area contributed by atoms with Crippen molar-refractivity contribution in [1.29, 1.82) is 0 Å². The molecule has 0 aliphatic carbocycles. The monoisotopic (exact) mass is 236 g/mol. The highest BCUT2D eigenvalue weighted by Gasteiger charge is 2.09. The van der Waals surface area contributed by atoms with E-state index in [4.69, 9.17) is 4.74 Å². The molecule has 1 rings (SSSR count). The van der Waals surface area contributed by atoms with Crippen molar-refractivity contribution in [2.45, 2.75) is 6.92 Å². The molecule has 1 aromatic rings. The van der Waals surface area contributed by atoms with Gasteiger partial charge in [0.1, 0.15) is 12.4 Å². The molecule has 0 radical (unpaired) electrons. The first kappa shape index (κ1) is 13.2. The lowest BCUT2D eigenvalue weighted by Gasteiger charge is -2.10. The Bertz CT molecular complexity index is 430. The van der Waals surface area contributed by atoms with Crippen LogP contribution in [0.3, 0.4) is 0 Å². The molecule has 1 N–H and O–H groups in total. The van der Waals surface area contributed by atoms with Crippen molar-refractivity contribution in [2.75, 3.05) is 20.2 Å². The Morgan fingerprint density at radius 2 is 2.29 bits per heavy atom. The highest BCUT2D eigenvalue weighted by atomic mass is 16.6. The van der Waals surface area contributed by atoms with E-state index < -0.39 is 4.92 Å². The maximum atomic E-state index is 10.6. The Kier molecular flexibility index (Phi) is 4.66. The number of hydrogen-bond acceptors (Lipinski definition) is 4. The Balaban J connectivity index is 2.73. The van der Waals surface area contributed by atoms with Crippen LogP contribution in [0.25, 0.3) is 0 Å². The molecule has 1 aromatic carbocycles. The fraction of sp³-hybridized carbons (Fsp3) is 0.333. The summed E-state index contributed by atoms with van der Waals surface area (Å²) in [5.41, 5.74) is 1.79. The highest BCUT2D eigenvalue weighted by Crippen LogP contribution is 2.24. The average molecular weight is 236 g/mol. The van der Waals surface area contributed by atoms with E-state index in [0.29, 0.717) is 18.9 Å². The van der Waals surface area contributed by atoms with E-state index in [1.807, 2.05) is 14.0 Å². The topological polar surface area (TPSA) is 64.4 Å². The molecule has 17 heavy (non-hydrogen) atoms. The minimum Gasteiger partial charge on any atom is -0.489 e. The number of likely N-dealkylation sites (N-methyl/N-ethyl adjacent to an activating group) is 1. The third-order valence-electron chi connectivity index (χ3n) is 2.24. The van der Waals surface area contributed by atoms with Crippen molar-refractivity contribution in [3.05, 3.63) is 46.0 Å². The molecule has 0 aromatic heterocycles. The number of ether oxygens (including phenoxy) is 1. The number of aryl methyl sites for hydroxylation is 1. The number of nitrogens with zero attached hydrogens (tertiary/aromatic N) is 1. The van der Waals surface area contributed by atoms with E-state index in [1.54, 1.807) is 6.07 Å². The Morgan fingerprint density at radius 3 is 2.88 bits per heavy atom. The minimum absolute atomic E-state index is 0.0322. The third-order valence-corrected chi connectivity index (χ3v) is 2.24. The van der Waals surface area contributed by atoms with Gasteiger partial charge >= 0.3 is 0 Å². The van der Waals surface area contributed by atoms with Crippen molar-refractivity contribution in [3.8, 4) is 5.75 Å². The lowest BCUT2D eigenvalue weighted by Crippen LogP contribution is -2.14. The van der Waals surface area contributed by atoms with Crippen molar-refractivity contribution in [2.24, 2.45) is 0 Å². The fourth-order valence-electron chi connectivity index (χ4n) is 1.34. The molecule has 92 valence electrons. The number of nitro groups is 1. The normalized spacial score (nSPS) is 10.0. The van der Waals surface area contributed by atoms with Crippen molar-refractivity contribution in [3.63, 3.8) is 0 Å². The van der Waals surface area contributed by atoms with Gasteiger partial charge in [-0.2, -0.15) is 0 Å². The number of benzene rings is 1.